The van der Waals surface area contributed by atoms with Crippen LogP contribution in [-0.2, 0) is 20.9 Å². The van der Waals surface area contributed by atoms with E-state index in [0.717, 1.165) is 18.4 Å². The highest BCUT2D eigenvalue weighted by Crippen LogP contribution is 2.24. The van der Waals surface area contributed by atoms with Gasteiger partial charge in [0.05, 0.1) is 12.7 Å². The quantitative estimate of drug-likeness (QED) is 0.870. The highest BCUT2D eigenvalue weighted by molar-refractivity contribution is 5.75. The monoisotopic (exact) mass is 291 g/mol. The Morgan fingerprint density at radius 1 is 1.24 bits per heavy atom. The highest BCUT2D eigenvalue weighted by Gasteiger charge is 2.31. The standard InChI is InChI=1S/C17H25NO3/c1-12-7-6-10-15(18)17(19)21-13(2)16(12)20-11-14-8-4-3-5-9-14/h3-5,8-9,12-13,15-16H,6-7,10-11,18H2,1-2H3/t12-,13-,15-,16+/m0/s1. The van der Waals surface area contributed by atoms with Gasteiger partial charge in [-0.25, -0.2) is 0 Å². The van der Waals surface area contributed by atoms with Gasteiger partial charge in [-0.1, -0.05) is 43.7 Å². The molecule has 1 aliphatic rings. The lowest BCUT2D eigenvalue weighted by Gasteiger charge is -2.28. The van der Waals surface area contributed by atoms with Crippen LogP contribution in [0.25, 0.3) is 0 Å². The van der Waals surface area contributed by atoms with Gasteiger partial charge >= 0.3 is 5.97 Å². The molecule has 0 aromatic heterocycles. The van der Waals surface area contributed by atoms with Crippen molar-refractivity contribution in [2.24, 2.45) is 11.7 Å². The number of hydrogen-bond acceptors (Lipinski definition) is 4. The maximum absolute atomic E-state index is 11.9. The fraction of sp³-hybridized carbons (Fsp3) is 0.588. The van der Waals surface area contributed by atoms with E-state index in [-0.39, 0.29) is 18.2 Å². The van der Waals surface area contributed by atoms with Gasteiger partial charge in [-0.3, -0.25) is 4.79 Å². The van der Waals surface area contributed by atoms with E-state index >= 15 is 0 Å². The summed E-state index contributed by atoms with van der Waals surface area (Å²) in [4.78, 5) is 11.9. The molecule has 116 valence electrons. The Kier molecular flexibility index (Phi) is 5.76. The number of hydrogen-bond donors (Lipinski definition) is 1. The van der Waals surface area contributed by atoms with Crippen LogP contribution in [0, 0.1) is 5.92 Å². The van der Waals surface area contributed by atoms with Crippen molar-refractivity contribution in [3.63, 3.8) is 0 Å². The third-order valence-corrected chi connectivity index (χ3v) is 4.09. The number of cyclic esters (lactones) is 1. The summed E-state index contributed by atoms with van der Waals surface area (Å²) in [6, 6.07) is 9.53. The van der Waals surface area contributed by atoms with Crippen molar-refractivity contribution in [3.8, 4) is 0 Å². The van der Waals surface area contributed by atoms with E-state index in [0.29, 0.717) is 18.9 Å². The average Bonchev–Trinajstić information content (AvgIpc) is 2.51. The molecule has 4 heteroatoms. The number of nitrogens with two attached hydrogens (primary N) is 1. The lowest BCUT2D eigenvalue weighted by atomic mass is 9.94. The van der Waals surface area contributed by atoms with Gasteiger partial charge in [-0.15, -0.1) is 0 Å². The van der Waals surface area contributed by atoms with Crippen LogP contribution in [-0.4, -0.2) is 24.2 Å². The maximum atomic E-state index is 11.9. The molecule has 0 unspecified atom stereocenters. The Hall–Kier alpha value is -1.39. The predicted molar refractivity (Wildman–Crippen MR) is 81.6 cm³/mol. The zero-order chi connectivity index (χ0) is 15.2. The lowest BCUT2D eigenvalue weighted by Crippen LogP contribution is -2.39. The molecule has 1 aromatic carbocycles. The van der Waals surface area contributed by atoms with Crippen molar-refractivity contribution in [2.75, 3.05) is 0 Å². The molecule has 1 aromatic rings. The third kappa shape index (κ3) is 4.55. The minimum Gasteiger partial charge on any atom is -0.459 e. The number of ether oxygens (including phenoxy) is 2. The Morgan fingerprint density at radius 2 is 1.95 bits per heavy atom. The Balaban J connectivity index is 2.01. The molecule has 1 saturated heterocycles. The first-order valence-corrected chi connectivity index (χ1v) is 7.69. The maximum Gasteiger partial charge on any atom is 0.323 e. The molecule has 4 atom stereocenters. The molecular weight excluding hydrogens is 266 g/mol. The molecule has 0 saturated carbocycles. The van der Waals surface area contributed by atoms with E-state index < -0.39 is 6.04 Å². The van der Waals surface area contributed by atoms with Gasteiger partial charge in [0.25, 0.3) is 0 Å². The molecule has 1 heterocycles. The van der Waals surface area contributed by atoms with Crippen molar-refractivity contribution in [1.82, 2.24) is 0 Å². The number of esters is 1. The third-order valence-electron chi connectivity index (χ3n) is 4.09. The van der Waals surface area contributed by atoms with Gasteiger partial charge < -0.3 is 15.2 Å². The van der Waals surface area contributed by atoms with Crippen LogP contribution in [0.1, 0.15) is 38.7 Å². The summed E-state index contributed by atoms with van der Waals surface area (Å²) in [6.45, 7) is 4.57. The minimum absolute atomic E-state index is 0.0977. The largest absolute Gasteiger partial charge is 0.459 e. The van der Waals surface area contributed by atoms with Crippen LogP contribution in [0.3, 0.4) is 0 Å². The van der Waals surface area contributed by atoms with Crippen LogP contribution >= 0.6 is 0 Å². The molecule has 2 N–H and O–H groups in total. The minimum atomic E-state index is -0.507. The molecule has 0 spiro atoms. The second-order valence-corrected chi connectivity index (χ2v) is 5.92. The zero-order valence-electron chi connectivity index (χ0n) is 12.8. The van der Waals surface area contributed by atoms with E-state index in [1.54, 1.807) is 0 Å². The molecule has 2 rings (SSSR count). The van der Waals surface area contributed by atoms with Gasteiger partial charge in [0.2, 0.25) is 0 Å². The summed E-state index contributed by atoms with van der Waals surface area (Å²) in [5.41, 5.74) is 6.94. The fourth-order valence-corrected chi connectivity index (χ4v) is 2.81. The summed E-state index contributed by atoms with van der Waals surface area (Å²) >= 11 is 0. The van der Waals surface area contributed by atoms with Crippen LogP contribution in [0.5, 0.6) is 0 Å². The van der Waals surface area contributed by atoms with Crippen LogP contribution in [0.4, 0.5) is 0 Å². The van der Waals surface area contributed by atoms with Crippen molar-refractivity contribution in [1.29, 1.82) is 0 Å². The van der Waals surface area contributed by atoms with Gasteiger partial charge in [0.1, 0.15) is 12.1 Å². The summed E-state index contributed by atoms with van der Waals surface area (Å²) in [7, 11) is 0. The van der Waals surface area contributed by atoms with Crippen LogP contribution in [0.15, 0.2) is 30.3 Å². The second kappa shape index (κ2) is 7.57. The normalized spacial score (nSPS) is 30.9. The number of benzene rings is 1. The average molecular weight is 291 g/mol. The Morgan fingerprint density at radius 3 is 2.67 bits per heavy atom. The first-order chi connectivity index (χ1) is 10.1. The van der Waals surface area contributed by atoms with E-state index in [1.165, 1.54) is 0 Å². The van der Waals surface area contributed by atoms with Crippen molar-refractivity contribution < 1.29 is 14.3 Å². The number of carbonyl (C=O) groups excluding carboxylic acids is 1. The Labute approximate surface area is 126 Å². The van der Waals surface area contributed by atoms with E-state index in [4.69, 9.17) is 15.2 Å². The summed E-state index contributed by atoms with van der Waals surface area (Å²) in [5.74, 6) is 0.0201. The van der Waals surface area contributed by atoms with Crippen molar-refractivity contribution in [3.05, 3.63) is 35.9 Å². The number of rotatable bonds is 3. The summed E-state index contributed by atoms with van der Waals surface area (Å²) in [5, 5.41) is 0. The number of carbonyl (C=O) groups is 1. The molecule has 1 aliphatic heterocycles. The SMILES string of the molecule is C[C@@H]1OC(=O)[C@@H](N)CCC[C@H](C)[C@H]1OCc1ccccc1. The molecule has 4 nitrogen and oxygen atoms in total. The molecule has 21 heavy (non-hydrogen) atoms. The lowest BCUT2D eigenvalue weighted by molar-refractivity contribution is -0.160. The Bertz CT molecular complexity index is 449. The van der Waals surface area contributed by atoms with Gasteiger partial charge in [-0.05, 0) is 31.2 Å². The van der Waals surface area contributed by atoms with E-state index in [1.807, 2.05) is 37.3 Å². The van der Waals surface area contributed by atoms with Crippen molar-refractivity contribution in [2.45, 2.75) is 58.0 Å². The summed E-state index contributed by atoms with van der Waals surface area (Å²) < 4.78 is 11.5. The molecular formula is C17H25NO3. The second-order valence-electron chi connectivity index (χ2n) is 5.92. The first kappa shape index (κ1) is 16.0. The smallest absolute Gasteiger partial charge is 0.323 e. The highest BCUT2D eigenvalue weighted by atomic mass is 16.6. The molecule has 0 aliphatic carbocycles. The van der Waals surface area contributed by atoms with Crippen LogP contribution in [0.2, 0.25) is 0 Å². The predicted octanol–water partition coefficient (Wildman–Crippen LogP) is 2.65. The van der Waals surface area contributed by atoms with Crippen LogP contribution < -0.4 is 5.73 Å². The fourth-order valence-electron chi connectivity index (χ4n) is 2.81. The molecule has 0 bridgehead atoms. The summed E-state index contributed by atoms with van der Waals surface area (Å²) in [6.07, 6.45) is 2.23. The molecule has 0 radical (unpaired) electrons. The van der Waals surface area contributed by atoms with Gasteiger partial charge in [-0.2, -0.15) is 0 Å². The topological polar surface area (TPSA) is 61.5 Å². The first-order valence-electron chi connectivity index (χ1n) is 7.69. The molecule has 0 amide bonds. The van der Waals surface area contributed by atoms with E-state index in [9.17, 15) is 4.79 Å². The zero-order valence-corrected chi connectivity index (χ0v) is 12.8. The van der Waals surface area contributed by atoms with Gasteiger partial charge in [0, 0.05) is 0 Å². The molecule has 1 fully saturated rings. The van der Waals surface area contributed by atoms with Gasteiger partial charge in [0.15, 0.2) is 0 Å². The van der Waals surface area contributed by atoms with E-state index in [2.05, 4.69) is 6.92 Å². The van der Waals surface area contributed by atoms with Crippen molar-refractivity contribution >= 4 is 5.97 Å².